The molecule has 0 saturated heterocycles. The summed E-state index contributed by atoms with van der Waals surface area (Å²) < 4.78 is 7.40. The van der Waals surface area contributed by atoms with Crippen molar-refractivity contribution in [2.24, 2.45) is 0 Å². The fourth-order valence-corrected chi connectivity index (χ4v) is 3.92. The van der Waals surface area contributed by atoms with Crippen molar-refractivity contribution in [1.29, 1.82) is 0 Å². The molecule has 27 heavy (non-hydrogen) atoms. The van der Waals surface area contributed by atoms with E-state index in [4.69, 9.17) is 4.42 Å². The number of hydrogen-bond donors (Lipinski definition) is 1. The highest BCUT2D eigenvalue weighted by molar-refractivity contribution is 7.12. The Balaban J connectivity index is 1.62. The third kappa shape index (κ3) is 3.19. The average Bonchev–Trinajstić information content (AvgIpc) is 3.45. The first-order valence-electron chi connectivity index (χ1n) is 8.48. The molecule has 3 aromatic rings. The smallest absolute Gasteiger partial charge is 0.290 e. The molecule has 1 aliphatic rings. The van der Waals surface area contributed by atoms with Gasteiger partial charge in [0.15, 0.2) is 5.76 Å². The summed E-state index contributed by atoms with van der Waals surface area (Å²) in [4.78, 5) is 31.6. The van der Waals surface area contributed by atoms with E-state index in [0.717, 1.165) is 0 Å². The first kappa shape index (κ1) is 17.3. The first-order valence-corrected chi connectivity index (χ1v) is 9.36. The minimum Gasteiger partial charge on any atom is -0.503 e. The molecule has 0 fully saturated rings. The summed E-state index contributed by atoms with van der Waals surface area (Å²) in [5.41, 5.74) is 0.0695. The Morgan fingerprint density at radius 3 is 2.85 bits per heavy atom. The topological polar surface area (TPSA) is 88.6 Å². The summed E-state index contributed by atoms with van der Waals surface area (Å²) in [6, 6.07) is 6.12. The molecular weight excluding hydrogens is 366 g/mol. The number of aliphatic hydroxyl groups is 1. The van der Waals surface area contributed by atoms with E-state index in [9.17, 15) is 14.7 Å². The molecule has 0 aliphatic carbocycles. The van der Waals surface area contributed by atoms with Crippen LogP contribution in [0.5, 0.6) is 0 Å². The number of amides is 1. The van der Waals surface area contributed by atoms with Crippen molar-refractivity contribution in [3.8, 4) is 0 Å². The van der Waals surface area contributed by atoms with Gasteiger partial charge in [-0.15, -0.1) is 11.3 Å². The molecule has 1 aliphatic heterocycles. The Kier molecular flexibility index (Phi) is 4.64. The fraction of sp³-hybridized carbons (Fsp3) is 0.211. The second-order valence-electron chi connectivity index (χ2n) is 6.14. The molecule has 0 spiro atoms. The second kappa shape index (κ2) is 7.24. The largest absolute Gasteiger partial charge is 0.503 e. The monoisotopic (exact) mass is 383 g/mol. The van der Waals surface area contributed by atoms with Crippen LogP contribution < -0.4 is 0 Å². The molecule has 7 nitrogen and oxygen atoms in total. The van der Waals surface area contributed by atoms with E-state index >= 15 is 0 Å². The Morgan fingerprint density at radius 2 is 2.19 bits per heavy atom. The quantitative estimate of drug-likeness (QED) is 0.633. The van der Waals surface area contributed by atoms with Crippen molar-refractivity contribution in [3.05, 3.63) is 76.6 Å². The highest BCUT2D eigenvalue weighted by Gasteiger charge is 2.45. The lowest BCUT2D eigenvalue weighted by molar-refractivity contribution is -0.129. The number of hydrogen-bond acceptors (Lipinski definition) is 6. The van der Waals surface area contributed by atoms with Gasteiger partial charge in [-0.3, -0.25) is 9.59 Å². The zero-order valence-electron chi connectivity index (χ0n) is 14.3. The number of aliphatic hydroxyl groups excluding tert-OH is 1. The maximum Gasteiger partial charge on any atom is 0.290 e. The van der Waals surface area contributed by atoms with Gasteiger partial charge >= 0.3 is 0 Å². The average molecular weight is 383 g/mol. The van der Waals surface area contributed by atoms with E-state index in [1.54, 1.807) is 42.2 Å². The molecule has 3 aromatic heterocycles. The van der Waals surface area contributed by atoms with Crippen LogP contribution in [-0.2, 0) is 11.3 Å². The molecular formula is C19H17N3O4S. The van der Waals surface area contributed by atoms with Crippen LogP contribution in [0.1, 0.15) is 27.9 Å². The van der Waals surface area contributed by atoms with Crippen molar-refractivity contribution in [2.45, 2.75) is 19.0 Å². The Morgan fingerprint density at radius 1 is 1.30 bits per heavy atom. The number of aryl methyl sites for hydroxylation is 1. The number of imidazole rings is 1. The van der Waals surface area contributed by atoms with Crippen molar-refractivity contribution >= 4 is 23.0 Å². The van der Waals surface area contributed by atoms with Crippen LogP contribution in [0.2, 0.25) is 0 Å². The Hall–Kier alpha value is -3.13. The van der Waals surface area contributed by atoms with Crippen molar-refractivity contribution in [3.63, 3.8) is 0 Å². The summed E-state index contributed by atoms with van der Waals surface area (Å²) in [6.45, 7) is 1.04. The van der Waals surface area contributed by atoms with Crippen LogP contribution >= 0.6 is 11.3 Å². The molecule has 4 rings (SSSR count). The molecule has 138 valence electrons. The van der Waals surface area contributed by atoms with Crippen LogP contribution in [0.25, 0.3) is 0 Å². The van der Waals surface area contributed by atoms with Crippen LogP contribution in [-0.4, -0.2) is 37.8 Å². The third-order valence-corrected chi connectivity index (χ3v) is 5.35. The Bertz CT molecular complexity index is 959. The summed E-state index contributed by atoms with van der Waals surface area (Å²) >= 11 is 1.27. The van der Waals surface area contributed by atoms with Crippen LogP contribution in [0, 0.1) is 0 Å². The second-order valence-corrected chi connectivity index (χ2v) is 7.09. The standard InChI is InChI=1S/C19H17N3O4S/c23-17(14-5-2-11-27-14)15-16(13-4-1-10-26-13)22(19(25)18(15)24)8-3-7-21-9-6-20-12-21/h1-2,4-6,9-12,16,24H,3,7-8H2. The highest BCUT2D eigenvalue weighted by atomic mass is 32.1. The van der Waals surface area contributed by atoms with Gasteiger partial charge in [0.25, 0.3) is 5.91 Å². The van der Waals surface area contributed by atoms with E-state index in [1.807, 2.05) is 10.8 Å². The molecule has 1 amide bonds. The Labute approximate surface area is 159 Å². The summed E-state index contributed by atoms with van der Waals surface area (Å²) in [6.07, 6.45) is 7.38. The predicted octanol–water partition coefficient (Wildman–Crippen LogP) is 3.21. The molecule has 1 atom stereocenters. The molecule has 1 unspecified atom stereocenters. The van der Waals surface area contributed by atoms with Gasteiger partial charge in [0.05, 0.1) is 23.0 Å². The summed E-state index contributed by atoms with van der Waals surface area (Å²) in [7, 11) is 0. The van der Waals surface area contributed by atoms with Gasteiger partial charge in [-0.2, -0.15) is 0 Å². The predicted molar refractivity (Wildman–Crippen MR) is 98.3 cm³/mol. The lowest BCUT2D eigenvalue weighted by Crippen LogP contribution is -2.32. The molecule has 0 radical (unpaired) electrons. The fourth-order valence-electron chi connectivity index (χ4n) is 3.24. The normalized spacial score (nSPS) is 17.1. The number of Topliss-reactive ketones (excluding diaryl/α,β-unsaturated/α-hetero) is 1. The van der Waals surface area contributed by atoms with Crippen LogP contribution in [0.4, 0.5) is 0 Å². The number of nitrogens with zero attached hydrogens (tertiary/aromatic N) is 3. The van der Waals surface area contributed by atoms with E-state index in [-0.39, 0.29) is 11.4 Å². The molecule has 4 heterocycles. The zero-order chi connectivity index (χ0) is 18.8. The van der Waals surface area contributed by atoms with E-state index < -0.39 is 17.7 Å². The van der Waals surface area contributed by atoms with Crippen molar-refractivity contribution in [2.75, 3.05) is 6.54 Å². The number of aromatic nitrogens is 2. The molecule has 0 aromatic carbocycles. The van der Waals surface area contributed by atoms with E-state index in [1.165, 1.54) is 22.5 Å². The lowest BCUT2D eigenvalue weighted by atomic mass is 10.00. The van der Waals surface area contributed by atoms with Gasteiger partial charge in [0.1, 0.15) is 11.8 Å². The number of ketones is 1. The zero-order valence-corrected chi connectivity index (χ0v) is 15.1. The summed E-state index contributed by atoms with van der Waals surface area (Å²) in [5.74, 6) is -0.955. The van der Waals surface area contributed by atoms with E-state index in [0.29, 0.717) is 30.1 Å². The first-order chi connectivity index (χ1) is 13.2. The third-order valence-electron chi connectivity index (χ3n) is 4.48. The maximum absolute atomic E-state index is 12.9. The van der Waals surface area contributed by atoms with Gasteiger partial charge in [-0.25, -0.2) is 4.98 Å². The van der Waals surface area contributed by atoms with Crippen LogP contribution in [0.3, 0.4) is 0 Å². The molecule has 1 N–H and O–H groups in total. The highest BCUT2D eigenvalue weighted by Crippen LogP contribution is 2.39. The number of thiophene rings is 1. The number of rotatable bonds is 7. The number of carbonyl (C=O) groups is 2. The van der Waals surface area contributed by atoms with Crippen molar-refractivity contribution in [1.82, 2.24) is 14.5 Å². The van der Waals surface area contributed by atoms with Gasteiger partial charge in [-0.1, -0.05) is 6.07 Å². The maximum atomic E-state index is 12.9. The summed E-state index contributed by atoms with van der Waals surface area (Å²) in [5, 5.41) is 12.2. The van der Waals surface area contributed by atoms with Gasteiger partial charge in [0.2, 0.25) is 5.78 Å². The SMILES string of the molecule is O=C(C1=C(O)C(=O)N(CCCn2ccnc2)C1c1ccco1)c1cccs1. The number of carbonyl (C=O) groups excluding carboxylic acids is 2. The molecule has 8 heteroatoms. The minimum atomic E-state index is -0.732. The van der Waals surface area contributed by atoms with Gasteiger partial charge < -0.3 is 19.0 Å². The molecule has 0 bridgehead atoms. The van der Waals surface area contributed by atoms with Crippen molar-refractivity contribution < 1.29 is 19.1 Å². The number of furan rings is 1. The van der Waals surface area contributed by atoms with E-state index in [2.05, 4.69) is 4.98 Å². The van der Waals surface area contributed by atoms with Crippen LogP contribution in [0.15, 0.2) is 70.4 Å². The minimum absolute atomic E-state index is 0.0695. The molecule has 0 saturated carbocycles. The van der Waals surface area contributed by atoms with Gasteiger partial charge in [-0.05, 0) is 30.0 Å². The lowest BCUT2D eigenvalue weighted by Gasteiger charge is -2.24. The van der Waals surface area contributed by atoms with Gasteiger partial charge in [0, 0.05) is 25.5 Å².